The lowest BCUT2D eigenvalue weighted by Gasteiger charge is -2.28. The number of fused-ring (bicyclic) bond motifs is 2. The third-order valence-electron chi connectivity index (χ3n) is 8.54. The number of hydrogen-bond donors (Lipinski definition) is 8. The van der Waals surface area contributed by atoms with Crippen LogP contribution in [0.2, 0.25) is 0 Å². The summed E-state index contributed by atoms with van der Waals surface area (Å²) >= 11 is 0. The van der Waals surface area contributed by atoms with Crippen molar-refractivity contribution in [1.29, 1.82) is 0 Å². The van der Waals surface area contributed by atoms with Gasteiger partial charge in [0, 0.05) is 40.6 Å². The van der Waals surface area contributed by atoms with E-state index in [9.17, 15) is 24.3 Å². The van der Waals surface area contributed by atoms with Gasteiger partial charge in [-0.15, -0.1) is 0 Å². The molecule has 5 unspecified atom stereocenters. The van der Waals surface area contributed by atoms with Crippen molar-refractivity contribution in [3.63, 3.8) is 0 Å². The third kappa shape index (κ3) is 8.52. The molecule has 0 saturated heterocycles. The highest BCUT2D eigenvalue weighted by Crippen LogP contribution is 2.21. The van der Waals surface area contributed by atoms with Crippen LogP contribution in [0.4, 0.5) is 0 Å². The molecule has 12 heteroatoms. The summed E-state index contributed by atoms with van der Waals surface area (Å²) in [6.07, 6.45) is 5.86. The smallest absolute Gasteiger partial charge is 0.326 e. The minimum atomic E-state index is -1.17. The van der Waals surface area contributed by atoms with Gasteiger partial charge in [-0.3, -0.25) is 14.4 Å². The molecule has 12 nitrogen and oxygen atoms in total. The number of benzene rings is 2. The number of unbranched alkanes of at least 4 members (excludes halogenated alkanes) is 1. The molecule has 46 heavy (non-hydrogen) atoms. The first-order chi connectivity index (χ1) is 22.1. The number of H-pyrrole nitrogens is 2. The van der Waals surface area contributed by atoms with E-state index < -0.39 is 47.9 Å². The standard InChI is InChI=1S/C34H45N7O5/c1-3-20(2)30(41-31(42)25(36)16-21-18-37-26-12-6-4-10-23(21)26)33(44)40-29(17-22-19-38-27-13-7-5-11-24(22)27)32(43)39-28(34(45)46)14-8-9-15-35/h4-7,10-13,18-20,25,28-30,37-38H,3,8-9,14-17,35-36H2,1-2H3,(H,39,43)(H,40,44)(H,41,42)(H,45,46). The number of aliphatic carboxylic acids is 1. The number of carboxylic acids is 1. The summed E-state index contributed by atoms with van der Waals surface area (Å²) in [7, 11) is 0. The first kappa shape index (κ1) is 34.2. The van der Waals surface area contributed by atoms with Gasteiger partial charge in [0.05, 0.1) is 6.04 Å². The molecule has 0 aliphatic heterocycles. The van der Waals surface area contributed by atoms with E-state index in [4.69, 9.17) is 11.5 Å². The zero-order chi connectivity index (χ0) is 33.2. The Morgan fingerprint density at radius 2 is 1.35 bits per heavy atom. The van der Waals surface area contributed by atoms with Crippen LogP contribution in [0, 0.1) is 5.92 Å². The molecule has 0 aliphatic rings. The van der Waals surface area contributed by atoms with Crippen molar-refractivity contribution in [1.82, 2.24) is 25.9 Å². The zero-order valence-corrected chi connectivity index (χ0v) is 26.3. The second-order valence-corrected chi connectivity index (χ2v) is 11.9. The number of amides is 3. The van der Waals surface area contributed by atoms with Gasteiger partial charge in [0.2, 0.25) is 17.7 Å². The zero-order valence-electron chi connectivity index (χ0n) is 26.3. The molecule has 0 bridgehead atoms. The lowest BCUT2D eigenvalue weighted by atomic mass is 9.96. The molecule has 5 atom stereocenters. The van der Waals surface area contributed by atoms with Crippen LogP contribution in [0.3, 0.4) is 0 Å². The number of carboxylic acid groups (broad SMARTS) is 1. The number of hydrogen-bond acceptors (Lipinski definition) is 6. The van der Waals surface area contributed by atoms with Gasteiger partial charge < -0.3 is 42.5 Å². The molecule has 3 amide bonds. The molecule has 4 rings (SSSR count). The average molecular weight is 632 g/mol. The van der Waals surface area contributed by atoms with Crippen molar-refractivity contribution in [3.05, 3.63) is 72.1 Å². The molecule has 246 valence electrons. The van der Waals surface area contributed by atoms with Crippen molar-refractivity contribution in [2.24, 2.45) is 17.4 Å². The Labute approximate surface area is 268 Å². The first-order valence-corrected chi connectivity index (χ1v) is 15.8. The quantitative estimate of drug-likeness (QED) is 0.0816. The van der Waals surface area contributed by atoms with E-state index in [1.165, 1.54) is 0 Å². The monoisotopic (exact) mass is 631 g/mol. The van der Waals surface area contributed by atoms with E-state index in [1.54, 1.807) is 6.20 Å². The van der Waals surface area contributed by atoms with E-state index in [0.29, 0.717) is 25.8 Å². The predicted molar refractivity (Wildman–Crippen MR) is 178 cm³/mol. The molecular weight excluding hydrogens is 586 g/mol. The number of carbonyl (C=O) groups is 4. The normalized spacial score (nSPS) is 14.7. The number of carbonyl (C=O) groups excluding carboxylic acids is 3. The lowest BCUT2D eigenvalue weighted by molar-refractivity contribution is -0.142. The summed E-state index contributed by atoms with van der Waals surface area (Å²) in [6.45, 7) is 4.15. The van der Waals surface area contributed by atoms with Crippen LogP contribution in [0.25, 0.3) is 21.8 Å². The fourth-order valence-corrected chi connectivity index (χ4v) is 5.61. The van der Waals surface area contributed by atoms with Gasteiger partial charge in [-0.1, -0.05) is 56.7 Å². The number of aromatic nitrogens is 2. The summed E-state index contributed by atoms with van der Waals surface area (Å²) in [4.78, 5) is 59.1. The molecule has 2 heterocycles. The van der Waals surface area contributed by atoms with Gasteiger partial charge in [-0.2, -0.15) is 0 Å². The van der Waals surface area contributed by atoms with Crippen LogP contribution >= 0.6 is 0 Å². The SMILES string of the molecule is CCC(C)C(NC(=O)C(N)Cc1c[nH]c2ccccc12)C(=O)NC(Cc1c[nH]c2ccccc12)C(=O)NC(CCCCN)C(=O)O. The lowest BCUT2D eigenvalue weighted by Crippen LogP contribution is -2.59. The van der Waals surface area contributed by atoms with Crippen molar-refractivity contribution >= 4 is 45.5 Å². The molecule has 2 aromatic heterocycles. The Balaban J connectivity index is 1.52. The van der Waals surface area contributed by atoms with Crippen LogP contribution in [0.1, 0.15) is 50.7 Å². The number of para-hydroxylation sites is 2. The fraction of sp³-hybridized carbons (Fsp3) is 0.412. The van der Waals surface area contributed by atoms with E-state index in [2.05, 4.69) is 25.9 Å². The van der Waals surface area contributed by atoms with Gasteiger partial charge in [0.1, 0.15) is 18.1 Å². The number of aromatic amines is 2. The van der Waals surface area contributed by atoms with Crippen LogP contribution in [0.5, 0.6) is 0 Å². The molecule has 2 aromatic carbocycles. The highest BCUT2D eigenvalue weighted by atomic mass is 16.4. The molecular formula is C34H45N7O5. The molecule has 0 radical (unpaired) electrons. The van der Waals surface area contributed by atoms with Crippen LogP contribution in [-0.2, 0) is 32.0 Å². The second kappa shape index (κ2) is 16.1. The van der Waals surface area contributed by atoms with E-state index in [-0.39, 0.29) is 25.2 Å². The Hall–Kier alpha value is -4.68. The summed E-state index contributed by atoms with van der Waals surface area (Å²) in [6, 6.07) is 11.1. The molecule has 0 saturated carbocycles. The Morgan fingerprint density at radius 1 is 0.783 bits per heavy atom. The minimum absolute atomic E-state index is 0.0952. The maximum atomic E-state index is 13.8. The van der Waals surface area contributed by atoms with E-state index >= 15 is 0 Å². The van der Waals surface area contributed by atoms with Crippen LogP contribution < -0.4 is 27.4 Å². The molecule has 0 spiro atoms. The van der Waals surface area contributed by atoms with E-state index in [0.717, 1.165) is 32.9 Å². The molecule has 10 N–H and O–H groups in total. The van der Waals surface area contributed by atoms with Gasteiger partial charge in [0.25, 0.3) is 0 Å². The maximum absolute atomic E-state index is 13.8. The largest absolute Gasteiger partial charge is 0.480 e. The summed E-state index contributed by atoms with van der Waals surface area (Å²) in [5.74, 6) is -3.14. The Bertz CT molecular complexity index is 1650. The van der Waals surface area contributed by atoms with E-state index in [1.807, 2.05) is 68.6 Å². The van der Waals surface area contributed by atoms with Gasteiger partial charge in [-0.25, -0.2) is 4.79 Å². The van der Waals surface area contributed by atoms with Gasteiger partial charge >= 0.3 is 5.97 Å². The predicted octanol–water partition coefficient (Wildman–Crippen LogP) is 2.48. The second-order valence-electron chi connectivity index (χ2n) is 11.9. The molecule has 0 aliphatic carbocycles. The average Bonchev–Trinajstić information content (AvgIpc) is 3.66. The van der Waals surface area contributed by atoms with Crippen LogP contribution in [0.15, 0.2) is 60.9 Å². The van der Waals surface area contributed by atoms with Crippen molar-refractivity contribution in [3.8, 4) is 0 Å². The minimum Gasteiger partial charge on any atom is -0.480 e. The third-order valence-corrected chi connectivity index (χ3v) is 8.54. The van der Waals surface area contributed by atoms with Crippen molar-refractivity contribution in [2.75, 3.05) is 6.54 Å². The van der Waals surface area contributed by atoms with Gasteiger partial charge in [0.15, 0.2) is 0 Å². The Kier molecular flexibility index (Phi) is 11.9. The summed E-state index contributed by atoms with van der Waals surface area (Å²) < 4.78 is 0. The topological polar surface area (TPSA) is 208 Å². The highest BCUT2D eigenvalue weighted by Gasteiger charge is 2.33. The van der Waals surface area contributed by atoms with Crippen molar-refractivity contribution in [2.45, 2.75) is 76.5 Å². The van der Waals surface area contributed by atoms with Gasteiger partial charge in [-0.05, 0) is 61.4 Å². The fourth-order valence-electron chi connectivity index (χ4n) is 5.61. The summed E-state index contributed by atoms with van der Waals surface area (Å²) in [5, 5.41) is 19.9. The maximum Gasteiger partial charge on any atom is 0.326 e. The number of rotatable bonds is 17. The highest BCUT2D eigenvalue weighted by molar-refractivity contribution is 5.95. The summed E-state index contributed by atoms with van der Waals surface area (Å²) in [5.41, 5.74) is 15.4. The van der Waals surface area contributed by atoms with Crippen LogP contribution in [-0.4, -0.2) is 69.5 Å². The number of nitrogens with two attached hydrogens (primary N) is 2. The van der Waals surface area contributed by atoms with Crippen molar-refractivity contribution < 1.29 is 24.3 Å². The number of nitrogens with one attached hydrogen (secondary N) is 5. The first-order valence-electron chi connectivity index (χ1n) is 15.8. The molecule has 4 aromatic rings. The Morgan fingerprint density at radius 3 is 1.91 bits per heavy atom. The molecule has 0 fully saturated rings.